The van der Waals surface area contributed by atoms with Crippen LogP contribution in [0.5, 0.6) is 5.75 Å². The molecule has 6 heteroatoms. The summed E-state index contributed by atoms with van der Waals surface area (Å²) in [5.41, 5.74) is 0.397. The Morgan fingerprint density at radius 2 is 1.80 bits per heavy atom. The first-order valence-corrected chi connectivity index (χ1v) is 8.10. The number of hydrogen-bond acceptors (Lipinski definition) is 5. The normalized spacial score (nSPS) is 12.5. The van der Waals surface area contributed by atoms with Gasteiger partial charge in [0.2, 0.25) is 0 Å². The van der Waals surface area contributed by atoms with Crippen LogP contribution in [0.2, 0.25) is 0 Å². The second kappa shape index (κ2) is 9.71. The van der Waals surface area contributed by atoms with Crippen molar-refractivity contribution in [2.75, 3.05) is 14.2 Å². The van der Waals surface area contributed by atoms with E-state index in [4.69, 9.17) is 9.47 Å². The molecule has 1 aromatic carbocycles. The Hall–Kier alpha value is -2.50. The van der Waals surface area contributed by atoms with E-state index < -0.39 is 17.7 Å². The second-order valence-electron chi connectivity index (χ2n) is 6.53. The molecule has 0 radical (unpaired) electrons. The number of benzene rings is 1. The summed E-state index contributed by atoms with van der Waals surface area (Å²) in [5.74, 6) is 0.395. The van der Waals surface area contributed by atoms with Crippen LogP contribution in [0.1, 0.15) is 39.2 Å². The lowest BCUT2D eigenvalue weighted by molar-refractivity contribution is -0.141. The van der Waals surface area contributed by atoms with Crippen LogP contribution < -0.4 is 10.1 Å². The quantitative estimate of drug-likeness (QED) is 0.762. The molecule has 1 atom stereocenters. The van der Waals surface area contributed by atoms with Gasteiger partial charge in [0, 0.05) is 6.04 Å². The molecule has 1 N–H and O–H groups in total. The number of carbonyl (C=O) groups excluding carboxylic acids is 2. The minimum absolute atomic E-state index is 0.0721. The summed E-state index contributed by atoms with van der Waals surface area (Å²) in [6.07, 6.45) is 3.80. The molecule has 0 aliphatic rings. The van der Waals surface area contributed by atoms with Gasteiger partial charge < -0.3 is 19.5 Å². The Balaban J connectivity index is 2.67. The molecule has 0 aromatic heterocycles. The monoisotopic (exact) mass is 349 g/mol. The zero-order valence-corrected chi connectivity index (χ0v) is 15.5. The van der Waals surface area contributed by atoms with E-state index in [1.165, 1.54) is 7.11 Å². The SMILES string of the molecule is COC(=O)C[C@H](C/C=C/c1ccc(OC)cc1)NC(=O)OC(C)(C)C. The topological polar surface area (TPSA) is 73.9 Å². The van der Waals surface area contributed by atoms with Crippen LogP contribution in [0.25, 0.3) is 6.08 Å². The van der Waals surface area contributed by atoms with E-state index in [1.807, 2.05) is 36.4 Å². The van der Waals surface area contributed by atoms with Gasteiger partial charge in [-0.2, -0.15) is 0 Å². The largest absolute Gasteiger partial charge is 0.497 e. The predicted octanol–water partition coefficient (Wildman–Crippen LogP) is 3.55. The first-order valence-electron chi connectivity index (χ1n) is 8.10. The molecule has 1 aromatic rings. The van der Waals surface area contributed by atoms with E-state index in [-0.39, 0.29) is 12.4 Å². The molecule has 0 bridgehead atoms. The highest BCUT2D eigenvalue weighted by Gasteiger charge is 2.20. The minimum Gasteiger partial charge on any atom is -0.497 e. The molecule has 25 heavy (non-hydrogen) atoms. The van der Waals surface area contributed by atoms with E-state index in [0.717, 1.165) is 11.3 Å². The summed E-state index contributed by atoms with van der Waals surface area (Å²) in [4.78, 5) is 23.5. The van der Waals surface area contributed by atoms with Gasteiger partial charge in [-0.05, 0) is 44.9 Å². The summed E-state index contributed by atoms with van der Waals surface area (Å²) >= 11 is 0. The molecule has 0 fully saturated rings. The van der Waals surface area contributed by atoms with Crippen molar-refractivity contribution in [3.63, 3.8) is 0 Å². The average molecular weight is 349 g/mol. The van der Waals surface area contributed by atoms with Gasteiger partial charge in [0.25, 0.3) is 0 Å². The lowest BCUT2D eigenvalue weighted by Gasteiger charge is -2.22. The molecule has 6 nitrogen and oxygen atoms in total. The fourth-order valence-electron chi connectivity index (χ4n) is 2.04. The van der Waals surface area contributed by atoms with Gasteiger partial charge in [-0.15, -0.1) is 0 Å². The summed E-state index contributed by atoms with van der Waals surface area (Å²) in [5, 5.41) is 2.71. The summed E-state index contributed by atoms with van der Waals surface area (Å²) in [6.45, 7) is 5.35. The van der Waals surface area contributed by atoms with Crippen LogP contribution in [0.3, 0.4) is 0 Å². The number of nitrogens with one attached hydrogen (secondary N) is 1. The third-order valence-electron chi connectivity index (χ3n) is 3.21. The lowest BCUT2D eigenvalue weighted by atomic mass is 10.1. The maximum atomic E-state index is 11.9. The molecule has 0 unspecified atom stereocenters. The van der Waals surface area contributed by atoms with Crippen molar-refractivity contribution in [1.82, 2.24) is 5.32 Å². The van der Waals surface area contributed by atoms with Crippen molar-refractivity contribution in [3.8, 4) is 5.75 Å². The van der Waals surface area contributed by atoms with Gasteiger partial charge >= 0.3 is 12.1 Å². The van der Waals surface area contributed by atoms with Crippen LogP contribution in [0.15, 0.2) is 30.3 Å². The van der Waals surface area contributed by atoms with Crippen molar-refractivity contribution < 1.29 is 23.8 Å². The van der Waals surface area contributed by atoms with Crippen LogP contribution >= 0.6 is 0 Å². The number of alkyl carbamates (subject to hydrolysis) is 1. The number of hydrogen-bond donors (Lipinski definition) is 1. The molecule has 1 rings (SSSR count). The van der Waals surface area contributed by atoms with Crippen molar-refractivity contribution >= 4 is 18.1 Å². The van der Waals surface area contributed by atoms with E-state index in [9.17, 15) is 9.59 Å². The fourth-order valence-corrected chi connectivity index (χ4v) is 2.04. The van der Waals surface area contributed by atoms with Crippen molar-refractivity contribution in [2.45, 2.75) is 45.3 Å². The smallest absolute Gasteiger partial charge is 0.407 e. The maximum Gasteiger partial charge on any atom is 0.407 e. The first kappa shape index (κ1) is 20.5. The molecule has 0 aliphatic carbocycles. The number of rotatable bonds is 7. The van der Waals surface area contributed by atoms with Gasteiger partial charge in [0.05, 0.1) is 20.6 Å². The Kier molecular flexibility index (Phi) is 7.98. The molecular formula is C19H27NO5. The number of amides is 1. The van der Waals surface area contributed by atoms with Crippen LogP contribution in [0, 0.1) is 0 Å². The fraction of sp³-hybridized carbons (Fsp3) is 0.474. The molecule has 1 amide bonds. The molecular weight excluding hydrogens is 322 g/mol. The van der Waals surface area contributed by atoms with E-state index in [0.29, 0.717) is 6.42 Å². The van der Waals surface area contributed by atoms with Gasteiger partial charge in [0.1, 0.15) is 11.4 Å². The summed E-state index contributed by atoms with van der Waals surface area (Å²) in [7, 11) is 2.94. The number of methoxy groups -OCH3 is 2. The predicted molar refractivity (Wildman–Crippen MR) is 96.4 cm³/mol. The number of ether oxygens (including phenoxy) is 3. The standard InChI is InChI=1S/C19H27NO5/c1-19(2,3)25-18(22)20-15(13-17(21)24-5)8-6-7-14-9-11-16(23-4)12-10-14/h6-7,9-12,15H,8,13H2,1-5H3,(H,20,22)/b7-6+/t15-/m0/s1. The highest BCUT2D eigenvalue weighted by atomic mass is 16.6. The van der Waals surface area contributed by atoms with Crippen LogP contribution in [-0.4, -0.2) is 37.9 Å². The zero-order valence-electron chi connectivity index (χ0n) is 15.5. The third-order valence-corrected chi connectivity index (χ3v) is 3.21. The van der Waals surface area contributed by atoms with Crippen LogP contribution in [0.4, 0.5) is 4.79 Å². The van der Waals surface area contributed by atoms with Gasteiger partial charge in [-0.25, -0.2) is 4.79 Å². The molecule has 0 heterocycles. The summed E-state index contributed by atoms with van der Waals surface area (Å²) < 4.78 is 15.0. The Bertz CT molecular complexity index is 587. The number of esters is 1. The first-order chi connectivity index (χ1) is 11.7. The Labute approximate surface area is 149 Å². The minimum atomic E-state index is -0.598. The molecule has 0 aliphatic heterocycles. The second-order valence-corrected chi connectivity index (χ2v) is 6.53. The van der Waals surface area contributed by atoms with Gasteiger partial charge in [-0.3, -0.25) is 4.79 Å². The highest BCUT2D eigenvalue weighted by molar-refractivity contribution is 5.73. The lowest BCUT2D eigenvalue weighted by Crippen LogP contribution is -2.40. The average Bonchev–Trinajstić information content (AvgIpc) is 2.53. The number of carbonyl (C=O) groups is 2. The van der Waals surface area contributed by atoms with Gasteiger partial charge in [-0.1, -0.05) is 24.3 Å². The van der Waals surface area contributed by atoms with Crippen molar-refractivity contribution in [1.29, 1.82) is 0 Å². The maximum absolute atomic E-state index is 11.9. The zero-order chi connectivity index (χ0) is 18.9. The van der Waals surface area contributed by atoms with E-state index >= 15 is 0 Å². The Morgan fingerprint density at radius 1 is 1.16 bits per heavy atom. The molecule has 138 valence electrons. The molecule has 0 spiro atoms. The molecule has 0 saturated heterocycles. The van der Waals surface area contributed by atoms with Gasteiger partial charge in [0.15, 0.2) is 0 Å². The Morgan fingerprint density at radius 3 is 2.32 bits per heavy atom. The van der Waals surface area contributed by atoms with Crippen LogP contribution in [-0.2, 0) is 14.3 Å². The third kappa shape index (κ3) is 8.79. The summed E-state index contributed by atoms with van der Waals surface area (Å²) in [6, 6.07) is 7.17. The van der Waals surface area contributed by atoms with E-state index in [2.05, 4.69) is 10.1 Å². The molecule has 0 saturated carbocycles. The van der Waals surface area contributed by atoms with E-state index in [1.54, 1.807) is 27.9 Å². The highest BCUT2D eigenvalue weighted by Crippen LogP contribution is 2.13. The van der Waals surface area contributed by atoms with Crippen molar-refractivity contribution in [3.05, 3.63) is 35.9 Å². The van der Waals surface area contributed by atoms with Crippen molar-refractivity contribution in [2.24, 2.45) is 0 Å².